The first-order chi connectivity index (χ1) is 16.6. The summed E-state index contributed by atoms with van der Waals surface area (Å²) in [7, 11) is 1.30. The number of halogens is 1. The highest BCUT2D eigenvalue weighted by atomic mass is 35.5. The average molecular weight is 493 g/mol. The van der Waals surface area contributed by atoms with Crippen LogP contribution < -0.4 is 10.6 Å². The van der Waals surface area contributed by atoms with Gasteiger partial charge in [-0.25, -0.2) is 4.79 Å². The predicted molar refractivity (Wildman–Crippen MR) is 143 cm³/mol. The van der Waals surface area contributed by atoms with Gasteiger partial charge in [0.1, 0.15) is 6.04 Å². The van der Waals surface area contributed by atoms with Crippen LogP contribution >= 0.6 is 11.6 Å². The Kier molecular flexibility index (Phi) is 8.57. The molecule has 5 nitrogen and oxygen atoms in total. The Hall–Kier alpha value is -3.31. The molecule has 0 aliphatic rings. The van der Waals surface area contributed by atoms with E-state index in [0.29, 0.717) is 5.56 Å². The molecule has 0 heterocycles. The van der Waals surface area contributed by atoms with E-state index in [4.69, 9.17) is 16.3 Å². The van der Waals surface area contributed by atoms with Gasteiger partial charge in [0.25, 0.3) is 5.91 Å². The minimum atomic E-state index is -0.718. The number of esters is 1. The molecule has 0 unspecified atom stereocenters. The summed E-state index contributed by atoms with van der Waals surface area (Å²) < 4.78 is 4.71. The molecule has 2 atom stereocenters. The SMILES string of the molecule is CC[C@@H](Nc1cccc(-c2cc(C)c(C(=O)N[C@@H](C)C(=O)OC)c(C)c2)c1)c1ccc(Cl)c(C)c1. The second-order valence-electron chi connectivity index (χ2n) is 8.90. The van der Waals surface area contributed by atoms with Crippen molar-refractivity contribution in [3.8, 4) is 11.1 Å². The van der Waals surface area contributed by atoms with Crippen molar-refractivity contribution >= 4 is 29.2 Å². The largest absolute Gasteiger partial charge is 0.467 e. The number of benzene rings is 3. The Balaban J connectivity index is 1.85. The molecule has 3 rings (SSSR count). The van der Waals surface area contributed by atoms with E-state index in [-0.39, 0.29) is 11.9 Å². The summed E-state index contributed by atoms with van der Waals surface area (Å²) in [5.41, 5.74) is 7.62. The van der Waals surface area contributed by atoms with E-state index in [9.17, 15) is 9.59 Å². The van der Waals surface area contributed by atoms with Gasteiger partial charge < -0.3 is 15.4 Å². The monoisotopic (exact) mass is 492 g/mol. The number of carbonyl (C=O) groups excluding carboxylic acids is 2. The molecule has 184 valence electrons. The summed E-state index contributed by atoms with van der Waals surface area (Å²) in [6, 6.07) is 17.9. The summed E-state index contributed by atoms with van der Waals surface area (Å²) in [4.78, 5) is 24.5. The van der Waals surface area contributed by atoms with Gasteiger partial charge in [-0.1, -0.05) is 54.9 Å². The minimum Gasteiger partial charge on any atom is -0.467 e. The highest BCUT2D eigenvalue weighted by Crippen LogP contribution is 2.30. The molecule has 0 aliphatic carbocycles. The predicted octanol–water partition coefficient (Wildman–Crippen LogP) is 6.79. The zero-order valence-electron chi connectivity index (χ0n) is 21.2. The number of hydrogen-bond donors (Lipinski definition) is 2. The van der Waals surface area contributed by atoms with E-state index >= 15 is 0 Å². The Labute approximate surface area is 212 Å². The average Bonchev–Trinajstić information content (AvgIpc) is 2.83. The molecule has 3 aromatic rings. The first-order valence-electron chi connectivity index (χ1n) is 11.8. The normalized spacial score (nSPS) is 12.5. The maximum absolute atomic E-state index is 12.8. The summed E-state index contributed by atoms with van der Waals surface area (Å²) in [5, 5.41) is 7.13. The number of ether oxygens (including phenoxy) is 1. The lowest BCUT2D eigenvalue weighted by atomic mass is 9.94. The number of methoxy groups -OCH3 is 1. The van der Waals surface area contributed by atoms with Gasteiger partial charge in [0.05, 0.1) is 13.2 Å². The van der Waals surface area contributed by atoms with Crippen molar-refractivity contribution in [3.63, 3.8) is 0 Å². The second kappa shape index (κ2) is 11.4. The minimum absolute atomic E-state index is 0.160. The van der Waals surface area contributed by atoms with Crippen LogP contribution in [-0.4, -0.2) is 25.0 Å². The fourth-order valence-corrected chi connectivity index (χ4v) is 4.41. The van der Waals surface area contributed by atoms with Crippen molar-refractivity contribution < 1.29 is 14.3 Å². The smallest absolute Gasteiger partial charge is 0.328 e. The van der Waals surface area contributed by atoms with Crippen molar-refractivity contribution in [2.45, 2.75) is 53.1 Å². The number of hydrogen-bond acceptors (Lipinski definition) is 4. The Bertz CT molecular complexity index is 1220. The van der Waals surface area contributed by atoms with Crippen LogP contribution in [0.5, 0.6) is 0 Å². The summed E-state index contributed by atoms with van der Waals surface area (Å²) in [6.45, 7) is 9.60. The maximum Gasteiger partial charge on any atom is 0.328 e. The van der Waals surface area contributed by atoms with Gasteiger partial charge in [-0.05, 0) is 85.7 Å². The molecule has 0 aliphatic heterocycles. The Morgan fingerprint density at radius 2 is 1.63 bits per heavy atom. The molecule has 0 fully saturated rings. The fraction of sp³-hybridized carbons (Fsp3) is 0.310. The maximum atomic E-state index is 12.8. The highest BCUT2D eigenvalue weighted by molar-refractivity contribution is 6.31. The topological polar surface area (TPSA) is 67.4 Å². The van der Waals surface area contributed by atoms with Crippen LogP contribution in [0.4, 0.5) is 5.69 Å². The molecule has 0 spiro atoms. The second-order valence-corrected chi connectivity index (χ2v) is 9.31. The van der Waals surface area contributed by atoms with E-state index in [0.717, 1.165) is 44.9 Å². The Morgan fingerprint density at radius 3 is 2.23 bits per heavy atom. The molecule has 0 radical (unpaired) electrons. The zero-order valence-corrected chi connectivity index (χ0v) is 21.9. The van der Waals surface area contributed by atoms with Gasteiger partial charge in [0.2, 0.25) is 0 Å². The molecule has 0 saturated heterocycles. The van der Waals surface area contributed by atoms with E-state index in [2.05, 4.69) is 47.9 Å². The molecule has 0 aromatic heterocycles. The molecule has 0 saturated carbocycles. The number of nitrogens with one attached hydrogen (secondary N) is 2. The molecular formula is C29H33ClN2O3. The summed E-state index contributed by atoms with van der Waals surface area (Å²) in [6.07, 6.45) is 0.928. The standard InChI is InChI=1S/C29H33ClN2O3/c1-7-26(22-11-12-25(30)17(2)13-22)32-24-10-8-9-21(16-24)23-14-18(3)27(19(4)15-23)28(33)31-20(5)29(34)35-6/h8-16,20,26,32H,7H2,1-6H3,(H,31,33)/t20-,26+/m0/s1. The molecule has 3 aromatic carbocycles. The number of amides is 1. The van der Waals surface area contributed by atoms with Gasteiger partial charge >= 0.3 is 5.97 Å². The van der Waals surface area contributed by atoms with E-state index in [1.165, 1.54) is 12.7 Å². The van der Waals surface area contributed by atoms with Crippen LogP contribution in [0.15, 0.2) is 54.6 Å². The molecule has 6 heteroatoms. The Morgan fingerprint density at radius 1 is 0.943 bits per heavy atom. The van der Waals surface area contributed by atoms with Gasteiger partial charge in [-0.2, -0.15) is 0 Å². The third kappa shape index (κ3) is 6.23. The van der Waals surface area contributed by atoms with Crippen LogP contribution in [0.1, 0.15) is 58.9 Å². The lowest BCUT2D eigenvalue weighted by Crippen LogP contribution is -2.39. The highest BCUT2D eigenvalue weighted by Gasteiger charge is 2.20. The molecule has 35 heavy (non-hydrogen) atoms. The fourth-order valence-electron chi connectivity index (χ4n) is 4.29. The van der Waals surface area contributed by atoms with E-state index < -0.39 is 12.0 Å². The quantitative estimate of drug-likeness (QED) is 0.340. The van der Waals surface area contributed by atoms with Crippen LogP contribution in [0.2, 0.25) is 5.02 Å². The van der Waals surface area contributed by atoms with Crippen molar-refractivity contribution in [1.29, 1.82) is 0 Å². The number of rotatable bonds is 8. The number of anilines is 1. The number of carbonyl (C=O) groups is 2. The van der Waals surface area contributed by atoms with Gasteiger partial charge in [-0.15, -0.1) is 0 Å². The van der Waals surface area contributed by atoms with Gasteiger partial charge in [0.15, 0.2) is 0 Å². The third-order valence-corrected chi connectivity index (χ3v) is 6.62. The van der Waals surface area contributed by atoms with Crippen molar-refractivity contribution in [2.24, 2.45) is 0 Å². The van der Waals surface area contributed by atoms with Crippen LogP contribution in [-0.2, 0) is 9.53 Å². The molecule has 1 amide bonds. The summed E-state index contributed by atoms with van der Waals surface area (Å²) >= 11 is 6.21. The molecular weight excluding hydrogens is 460 g/mol. The van der Waals surface area contributed by atoms with Gasteiger partial charge in [0, 0.05) is 16.3 Å². The van der Waals surface area contributed by atoms with Crippen molar-refractivity contribution in [3.05, 3.63) is 87.4 Å². The summed E-state index contributed by atoms with van der Waals surface area (Å²) in [5.74, 6) is -0.766. The van der Waals surface area contributed by atoms with Gasteiger partial charge in [-0.3, -0.25) is 4.79 Å². The molecule has 2 N–H and O–H groups in total. The zero-order chi connectivity index (χ0) is 25.7. The third-order valence-electron chi connectivity index (χ3n) is 6.19. The van der Waals surface area contributed by atoms with Crippen molar-refractivity contribution in [2.75, 3.05) is 12.4 Å². The first-order valence-corrected chi connectivity index (χ1v) is 12.1. The van der Waals surface area contributed by atoms with Crippen LogP contribution in [0.25, 0.3) is 11.1 Å². The lowest BCUT2D eigenvalue weighted by Gasteiger charge is -2.20. The van der Waals surface area contributed by atoms with Crippen LogP contribution in [0, 0.1) is 20.8 Å². The van der Waals surface area contributed by atoms with Crippen molar-refractivity contribution in [1.82, 2.24) is 5.32 Å². The van der Waals surface area contributed by atoms with E-state index in [1.807, 2.05) is 45.0 Å². The van der Waals surface area contributed by atoms with Crippen LogP contribution in [0.3, 0.4) is 0 Å². The van der Waals surface area contributed by atoms with E-state index in [1.54, 1.807) is 6.92 Å². The number of aryl methyl sites for hydroxylation is 3. The lowest BCUT2D eigenvalue weighted by molar-refractivity contribution is -0.142. The first kappa shape index (κ1) is 26.3. The molecule has 0 bridgehead atoms.